The quantitative estimate of drug-likeness (QED) is 0.934. The number of carbonyl (C=O) groups excluding carboxylic acids is 2. The van der Waals surface area contributed by atoms with E-state index in [-0.39, 0.29) is 23.3 Å². The molecule has 1 N–H and O–H groups in total. The molecule has 2 aliphatic rings. The number of aromatic amines is 1. The van der Waals surface area contributed by atoms with Gasteiger partial charge in [-0.25, -0.2) is 0 Å². The molecule has 4 rings (SSSR count). The molecule has 0 radical (unpaired) electrons. The maximum atomic E-state index is 12.9. The van der Waals surface area contributed by atoms with E-state index in [1.807, 2.05) is 6.07 Å². The molecule has 0 saturated heterocycles. The van der Waals surface area contributed by atoms with Gasteiger partial charge in [0.1, 0.15) is 11.3 Å². The van der Waals surface area contributed by atoms with Crippen molar-refractivity contribution in [3.8, 4) is 0 Å². The zero-order valence-electron chi connectivity index (χ0n) is 13.2. The second-order valence-electron chi connectivity index (χ2n) is 6.42. The van der Waals surface area contributed by atoms with E-state index in [2.05, 4.69) is 4.98 Å². The SMILES string of the molecule is O=C1CCCc2[nH]c(=O)c(C(=O)N(Cc3ccco3)C3CC3)cc21. The number of nitrogens with zero attached hydrogens (tertiary/aromatic N) is 1. The number of amides is 1. The van der Waals surface area contributed by atoms with Crippen LogP contribution < -0.4 is 5.56 Å². The number of pyridine rings is 1. The van der Waals surface area contributed by atoms with Gasteiger partial charge in [-0.05, 0) is 43.9 Å². The molecular formula is C18H18N2O4. The monoisotopic (exact) mass is 326 g/mol. The highest BCUT2D eigenvalue weighted by atomic mass is 16.3. The Bertz CT molecular complexity index is 846. The smallest absolute Gasteiger partial charge is 0.261 e. The number of Topliss-reactive ketones (excluding diaryl/α,β-unsaturated/α-hetero) is 1. The summed E-state index contributed by atoms with van der Waals surface area (Å²) in [7, 11) is 0. The Kier molecular flexibility index (Phi) is 3.59. The number of carbonyl (C=O) groups is 2. The third kappa shape index (κ3) is 2.68. The topological polar surface area (TPSA) is 83.4 Å². The Balaban J connectivity index is 1.68. The molecule has 0 atom stereocenters. The van der Waals surface area contributed by atoms with E-state index in [0.717, 1.165) is 19.3 Å². The van der Waals surface area contributed by atoms with Gasteiger partial charge < -0.3 is 14.3 Å². The summed E-state index contributed by atoms with van der Waals surface area (Å²) in [5.74, 6) is 0.336. The van der Waals surface area contributed by atoms with Gasteiger partial charge in [0, 0.05) is 23.7 Å². The van der Waals surface area contributed by atoms with Gasteiger partial charge in [0.25, 0.3) is 11.5 Å². The molecule has 1 fully saturated rings. The van der Waals surface area contributed by atoms with Crippen LogP contribution in [-0.2, 0) is 13.0 Å². The van der Waals surface area contributed by atoms with Gasteiger partial charge in [0.2, 0.25) is 0 Å². The van der Waals surface area contributed by atoms with Gasteiger partial charge in [0.05, 0.1) is 12.8 Å². The van der Waals surface area contributed by atoms with Gasteiger partial charge in [-0.1, -0.05) is 0 Å². The molecule has 6 nitrogen and oxygen atoms in total. The third-order valence-electron chi connectivity index (χ3n) is 4.64. The molecule has 0 spiro atoms. The van der Waals surface area contributed by atoms with Gasteiger partial charge in [-0.2, -0.15) is 0 Å². The average molecular weight is 326 g/mol. The maximum absolute atomic E-state index is 12.9. The standard InChI is InChI=1S/C18H18N2O4/c21-16-5-1-4-15-13(16)9-14(17(22)19-15)18(23)20(11-6-7-11)10-12-3-2-8-24-12/h2-3,8-9,11H,1,4-7,10H2,(H,19,22). The minimum atomic E-state index is -0.418. The number of fused-ring (bicyclic) bond motifs is 1. The Morgan fingerprint density at radius 1 is 1.29 bits per heavy atom. The Hall–Kier alpha value is -2.63. The van der Waals surface area contributed by atoms with E-state index in [0.29, 0.717) is 36.4 Å². The zero-order chi connectivity index (χ0) is 16.7. The number of aromatic nitrogens is 1. The number of hydrogen-bond donors (Lipinski definition) is 1. The van der Waals surface area contributed by atoms with E-state index in [1.54, 1.807) is 17.2 Å². The van der Waals surface area contributed by atoms with Crippen molar-refractivity contribution in [2.24, 2.45) is 0 Å². The number of H-pyrrole nitrogens is 1. The molecule has 0 unspecified atom stereocenters. The fourth-order valence-corrected chi connectivity index (χ4v) is 3.21. The van der Waals surface area contributed by atoms with Gasteiger partial charge in [-0.3, -0.25) is 14.4 Å². The molecular weight excluding hydrogens is 308 g/mol. The Morgan fingerprint density at radius 3 is 2.83 bits per heavy atom. The van der Waals surface area contributed by atoms with Crippen molar-refractivity contribution in [2.75, 3.05) is 0 Å². The maximum Gasteiger partial charge on any atom is 0.261 e. The average Bonchev–Trinajstić information content (AvgIpc) is 3.28. The van der Waals surface area contributed by atoms with Crippen molar-refractivity contribution >= 4 is 11.7 Å². The lowest BCUT2D eigenvalue weighted by atomic mass is 9.93. The summed E-state index contributed by atoms with van der Waals surface area (Å²) >= 11 is 0. The number of aryl methyl sites for hydroxylation is 1. The first-order valence-corrected chi connectivity index (χ1v) is 8.26. The van der Waals surface area contributed by atoms with Crippen LogP contribution in [0.3, 0.4) is 0 Å². The van der Waals surface area contributed by atoms with Crippen molar-refractivity contribution in [1.29, 1.82) is 0 Å². The number of ketones is 1. The van der Waals surface area contributed by atoms with E-state index < -0.39 is 5.56 Å². The molecule has 2 aromatic heterocycles. The number of furan rings is 1. The molecule has 2 heterocycles. The molecule has 6 heteroatoms. The first kappa shape index (κ1) is 14.9. The van der Waals surface area contributed by atoms with Crippen LogP contribution in [0.25, 0.3) is 0 Å². The number of hydrogen-bond acceptors (Lipinski definition) is 4. The third-order valence-corrected chi connectivity index (χ3v) is 4.64. The molecule has 0 aliphatic heterocycles. The second-order valence-corrected chi connectivity index (χ2v) is 6.42. The van der Waals surface area contributed by atoms with Crippen LogP contribution in [0.5, 0.6) is 0 Å². The predicted octanol–water partition coefficient (Wildman–Crippen LogP) is 2.29. The fraction of sp³-hybridized carbons (Fsp3) is 0.389. The van der Waals surface area contributed by atoms with E-state index in [4.69, 9.17) is 4.42 Å². The Labute approximate surface area is 138 Å². The summed E-state index contributed by atoms with van der Waals surface area (Å²) < 4.78 is 5.33. The van der Waals surface area contributed by atoms with E-state index in [9.17, 15) is 14.4 Å². The van der Waals surface area contributed by atoms with Crippen molar-refractivity contribution < 1.29 is 14.0 Å². The van der Waals surface area contributed by atoms with Crippen LogP contribution in [0.2, 0.25) is 0 Å². The van der Waals surface area contributed by atoms with Gasteiger partial charge in [0.15, 0.2) is 5.78 Å². The van der Waals surface area contributed by atoms with Crippen LogP contribution in [0.4, 0.5) is 0 Å². The van der Waals surface area contributed by atoms with Crippen LogP contribution in [-0.4, -0.2) is 27.6 Å². The molecule has 2 aliphatic carbocycles. The Morgan fingerprint density at radius 2 is 2.12 bits per heavy atom. The summed E-state index contributed by atoms with van der Waals surface area (Å²) in [6.07, 6.45) is 5.29. The van der Waals surface area contributed by atoms with Crippen molar-refractivity contribution in [3.63, 3.8) is 0 Å². The van der Waals surface area contributed by atoms with Crippen LogP contribution in [0.15, 0.2) is 33.7 Å². The lowest BCUT2D eigenvalue weighted by Crippen LogP contribution is -2.37. The zero-order valence-corrected chi connectivity index (χ0v) is 13.2. The van der Waals surface area contributed by atoms with Crippen LogP contribution in [0.1, 0.15) is 57.9 Å². The lowest BCUT2D eigenvalue weighted by molar-refractivity contribution is 0.0715. The molecule has 1 saturated carbocycles. The van der Waals surface area contributed by atoms with Gasteiger partial charge >= 0.3 is 0 Å². The molecule has 0 aromatic carbocycles. The molecule has 0 bridgehead atoms. The summed E-state index contributed by atoms with van der Waals surface area (Å²) in [5.41, 5.74) is 0.760. The van der Waals surface area contributed by atoms with Crippen LogP contribution >= 0.6 is 0 Å². The highest BCUT2D eigenvalue weighted by Crippen LogP contribution is 2.30. The summed E-state index contributed by atoms with van der Waals surface area (Å²) in [6, 6.07) is 5.20. The first-order chi connectivity index (χ1) is 11.6. The van der Waals surface area contributed by atoms with Crippen molar-refractivity contribution in [1.82, 2.24) is 9.88 Å². The lowest BCUT2D eigenvalue weighted by Gasteiger charge is -2.22. The fourth-order valence-electron chi connectivity index (χ4n) is 3.21. The molecule has 1 amide bonds. The number of rotatable bonds is 4. The first-order valence-electron chi connectivity index (χ1n) is 8.26. The molecule has 124 valence electrons. The second kappa shape index (κ2) is 5.78. The minimum Gasteiger partial charge on any atom is -0.467 e. The summed E-state index contributed by atoms with van der Waals surface area (Å²) in [6.45, 7) is 0.334. The normalized spacial score (nSPS) is 16.8. The largest absolute Gasteiger partial charge is 0.467 e. The highest BCUT2D eigenvalue weighted by molar-refractivity contribution is 6.01. The van der Waals surface area contributed by atoms with E-state index in [1.165, 1.54) is 6.07 Å². The number of nitrogens with one attached hydrogen (secondary N) is 1. The van der Waals surface area contributed by atoms with E-state index >= 15 is 0 Å². The minimum absolute atomic E-state index is 0.00874. The summed E-state index contributed by atoms with van der Waals surface area (Å²) in [5, 5.41) is 0. The predicted molar refractivity (Wildman–Crippen MR) is 85.9 cm³/mol. The van der Waals surface area contributed by atoms with Crippen LogP contribution in [0, 0.1) is 0 Å². The molecule has 2 aromatic rings. The molecule has 24 heavy (non-hydrogen) atoms. The van der Waals surface area contributed by atoms with Crippen molar-refractivity contribution in [2.45, 2.75) is 44.7 Å². The van der Waals surface area contributed by atoms with Crippen molar-refractivity contribution in [3.05, 3.63) is 57.4 Å². The van der Waals surface area contributed by atoms with Gasteiger partial charge in [-0.15, -0.1) is 0 Å². The highest BCUT2D eigenvalue weighted by Gasteiger charge is 2.35. The summed E-state index contributed by atoms with van der Waals surface area (Å²) in [4.78, 5) is 41.8.